The molecule has 0 saturated carbocycles. The summed E-state index contributed by atoms with van der Waals surface area (Å²) >= 11 is 3.38. The van der Waals surface area contributed by atoms with Crippen LogP contribution in [0.25, 0.3) is 0 Å². The Balaban J connectivity index is 2.46. The number of hydrogen-bond acceptors (Lipinski definition) is 4. The van der Waals surface area contributed by atoms with Crippen molar-refractivity contribution in [3.63, 3.8) is 0 Å². The van der Waals surface area contributed by atoms with E-state index in [0.717, 1.165) is 10.6 Å². The van der Waals surface area contributed by atoms with Crippen LogP contribution in [0.15, 0.2) is 12.1 Å². The van der Waals surface area contributed by atoms with Gasteiger partial charge in [-0.2, -0.15) is 11.8 Å². The van der Waals surface area contributed by atoms with Gasteiger partial charge in [0.2, 0.25) is 0 Å². The maximum absolute atomic E-state index is 9.35. The molecule has 1 rings (SSSR count). The largest absolute Gasteiger partial charge is 0.392 e. The van der Waals surface area contributed by atoms with Gasteiger partial charge in [0.25, 0.3) is 0 Å². The van der Waals surface area contributed by atoms with E-state index >= 15 is 0 Å². The molecule has 2 N–H and O–H groups in total. The topological polar surface area (TPSA) is 40.5 Å². The molecule has 2 nitrogen and oxygen atoms in total. The van der Waals surface area contributed by atoms with Crippen molar-refractivity contribution in [2.45, 2.75) is 31.0 Å². The lowest BCUT2D eigenvalue weighted by molar-refractivity contribution is 0.196. The summed E-state index contributed by atoms with van der Waals surface area (Å²) < 4.78 is 0. The van der Waals surface area contributed by atoms with Crippen molar-refractivity contribution in [1.29, 1.82) is 0 Å². The van der Waals surface area contributed by atoms with Gasteiger partial charge in [-0.15, -0.1) is 11.3 Å². The summed E-state index contributed by atoms with van der Waals surface area (Å²) in [6, 6.07) is 4.02. The van der Waals surface area contributed by atoms with E-state index in [0.29, 0.717) is 0 Å². The van der Waals surface area contributed by atoms with Crippen molar-refractivity contribution in [3.05, 3.63) is 21.9 Å². The summed E-state index contributed by atoms with van der Waals surface area (Å²) in [5.74, 6) is 6.42. The van der Waals surface area contributed by atoms with Gasteiger partial charge in [0.05, 0.1) is 11.0 Å². The van der Waals surface area contributed by atoms with E-state index in [1.165, 1.54) is 4.88 Å². The number of aliphatic hydroxyl groups is 2. The summed E-state index contributed by atoms with van der Waals surface area (Å²) in [5.41, 5.74) is 0. The standard InChI is InChI=1S/C12H16O2S2/c1-9(14)10(2)15-8-12-6-5-11(16-12)4-3-7-13/h5-6,9-10,13-14H,7-8H2,1-2H3. The lowest BCUT2D eigenvalue weighted by Crippen LogP contribution is -2.15. The Bertz CT molecular complexity index is 374. The first-order chi connectivity index (χ1) is 7.63. The molecule has 1 heterocycles. The van der Waals surface area contributed by atoms with Gasteiger partial charge >= 0.3 is 0 Å². The van der Waals surface area contributed by atoms with Crippen LogP contribution < -0.4 is 0 Å². The van der Waals surface area contributed by atoms with E-state index in [1.807, 2.05) is 26.0 Å². The molecule has 0 aliphatic heterocycles. The first kappa shape index (κ1) is 13.6. The third-order valence-corrected chi connectivity index (χ3v) is 4.70. The van der Waals surface area contributed by atoms with Crippen LogP contribution in [0.4, 0.5) is 0 Å². The molecule has 0 bridgehead atoms. The highest BCUT2D eigenvalue weighted by Crippen LogP contribution is 2.24. The molecule has 4 heteroatoms. The smallest absolute Gasteiger partial charge is 0.104 e. The fraction of sp³-hybridized carbons (Fsp3) is 0.500. The number of hydrogen-bond donors (Lipinski definition) is 2. The van der Waals surface area contributed by atoms with Crippen molar-refractivity contribution < 1.29 is 10.2 Å². The Morgan fingerprint density at radius 3 is 2.81 bits per heavy atom. The fourth-order valence-corrected chi connectivity index (χ4v) is 2.92. The minimum Gasteiger partial charge on any atom is -0.392 e. The highest BCUT2D eigenvalue weighted by atomic mass is 32.2. The van der Waals surface area contributed by atoms with Crippen molar-refractivity contribution >= 4 is 23.1 Å². The molecular weight excluding hydrogens is 240 g/mol. The molecular formula is C12H16O2S2. The molecule has 2 unspecified atom stereocenters. The number of thioether (sulfide) groups is 1. The number of aliphatic hydroxyl groups excluding tert-OH is 2. The molecule has 88 valence electrons. The van der Waals surface area contributed by atoms with Crippen molar-refractivity contribution in [3.8, 4) is 11.8 Å². The Hall–Kier alpha value is -0.470. The summed E-state index contributed by atoms with van der Waals surface area (Å²) in [6.07, 6.45) is -0.279. The average Bonchev–Trinajstić information content (AvgIpc) is 2.70. The van der Waals surface area contributed by atoms with Crippen molar-refractivity contribution in [2.75, 3.05) is 6.61 Å². The second-order valence-electron chi connectivity index (χ2n) is 3.48. The second kappa shape index (κ2) is 6.97. The highest BCUT2D eigenvalue weighted by Gasteiger charge is 2.09. The maximum atomic E-state index is 9.35. The minimum atomic E-state index is -0.279. The van der Waals surface area contributed by atoms with Crippen LogP contribution in [0.5, 0.6) is 0 Å². The molecule has 1 aromatic heterocycles. The zero-order valence-electron chi connectivity index (χ0n) is 9.43. The van der Waals surface area contributed by atoms with Crippen molar-refractivity contribution in [1.82, 2.24) is 0 Å². The van der Waals surface area contributed by atoms with E-state index in [9.17, 15) is 5.11 Å². The molecule has 0 aliphatic rings. The average molecular weight is 256 g/mol. The van der Waals surface area contributed by atoms with Gasteiger partial charge in [0.15, 0.2) is 0 Å². The Morgan fingerprint density at radius 1 is 1.44 bits per heavy atom. The van der Waals surface area contributed by atoms with Gasteiger partial charge in [-0.25, -0.2) is 0 Å². The normalized spacial score (nSPS) is 14.0. The van der Waals surface area contributed by atoms with Gasteiger partial charge in [-0.3, -0.25) is 0 Å². The van der Waals surface area contributed by atoms with Crippen LogP contribution in [0, 0.1) is 11.8 Å². The van der Waals surface area contributed by atoms with Crippen LogP contribution in [0.3, 0.4) is 0 Å². The quantitative estimate of drug-likeness (QED) is 0.811. The van der Waals surface area contributed by atoms with E-state index in [1.54, 1.807) is 23.1 Å². The predicted molar refractivity (Wildman–Crippen MR) is 70.7 cm³/mol. The van der Waals surface area contributed by atoms with E-state index in [2.05, 4.69) is 11.8 Å². The van der Waals surface area contributed by atoms with Crippen molar-refractivity contribution in [2.24, 2.45) is 0 Å². The first-order valence-electron chi connectivity index (χ1n) is 5.11. The third kappa shape index (κ3) is 4.58. The molecule has 0 aromatic carbocycles. The third-order valence-electron chi connectivity index (χ3n) is 2.12. The minimum absolute atomic E-state index is 0.0962. The van der Waals surface area contributed by atoms with Crippen LogP contribution in [-0.2, 0) is 5.75 Å². The molecule has 1 aromatic rings. The second-order valence-corrected chi connectivity index (χ2v) is 6.02. The summed E-state index contributed by atoms with van der Waals surface area (Å²) in [7, 11) is 0. The van der Waals surface area contributed by atoms with Gasteiger partial charge in [-0.05, 0) is 19.1 Å². The molecule has 0 radical (unpaired) electrons. The zero-order chi connectivity index (χ0) is 12.0. The Labute approximate surface area is 105 Å². The summed E-state index contributed by atoms with van der Waals surface area (Å²) in [5, 5.41) is 18.2. The lowest BCUT2D eigenvalue weighted by Gasteiger charge is -2.12. The lowest BCUT2D eigenvalue weighted by atomic mass is 10.3. The molecule has 0 saturated heterocycles. The molecule has 2 atom stereocenters. The Morgan fingerprint density at radius 2 is 2.19 bits per heavy atom. The monoisotopic (exact) mass is 256 g/mol. The molecule has 0 spiro atoms. The summed E-state index contributed by atoms with van der Waals surface area (Å²) in [6.45, 7) is 3.74. The predicted octanol–water partition coefficient (Wildman–Crippen LogP) is 2.09. The molecule has 0 amide bonds. The number of thiophene rings is 1. The van der Waals surface area contributed by atoms with Crippen LogP contribution in [0.2, 0.25) is 0 Å². The van der Waals surface area contributed by atoms with E-state index in [-0.39, 0.29) is 18.0 Å². The van der Waals surface area contributed by atoms with Gasteiger partial charge in [0, 0.05) is 15.9 Å². The summed E-state index contributed by atoms with van der Waals surface area (Å²) in [4.78, 5) is 2.23. The SMILES string of the molecule is CC(O)C(C)SCc1ccc(C#CCO)s1. The van der Waals surface area contributed by atoms with Crippen LogP contribution in [0.1, 0.15) is 23.6 Å². The maximum Gasteiger partial charge on any atom is 0.104 e. The van der Waals surface area contributed by atoms with Crippen LogP contribution in [-0.4, -0.2) is 28.2 Å². The zero-order valence-corrected chi connectivity index (χ0v) is 11.1. The molecule has 0 aliphatic carbocycles. The van der Waals surface area contributed by atoms with Gasteiger partial charge in [-0.1, -0.05) is 18.8 Å². The van der Waals surface area contributed by atoms with E-state index < -0.39 is 0 Å². The number of rotatable bonds is 4. The van der Waals surface area contributed by atoms with Gasteiger partial charge in [0.1, 0.15) is 6.61 Å². The van der Waals surface area contributed by atoms with Gasteiger partial charge < -0.3 is 10.2 Å². The first-order valence-corrected chi connectivity index (χ1v) is 6.98. The fourth-order valence-electron chi connectivity index (χ4n) is 1.00. The highest BCUT2D eigenvalue weighted by molar-refractivity contribution is 7.99. The molecule has 0 fully saturated rings. The van der Waals surface area contributed by atoms with Crippen LogP contribution >= 0.6 is 23.1 Å². The Kier molecular flexibility index (Phi) is 5.93. The molecule has 16 heavy (non-hydrogen) atoms. The van der Waals surface area contributed by atoms with E-state index in [4.69, 9.17) is 5.11 Å².